The minimum atomic E-state index is -0.803. The van der Waals surface area contributed by atoms with Crippen LogP contribution in [0, 0.1) is 6.92 Å². The summed E-state index contributed by atoms with van der Waals surface area (Å²) in [5, 5.41) is 12.4. The van der Waals surface area contributed by atoms with E-state index >= 15 is 0 Å². The van der Waals surface area contributed by atoms with Crippen molar-refractivity contribution in [2.45, 2.75) is 25.9 Å². The third kappa shape index (κ3) is 4.99. The second-order valence-electron chi connectivity index (χ2n) is 5.07. The van der Waals surface area contributed by atoms with Gasteiger partial charge in [0, 0.05) is 17.1 Å². The number of rotatable bonds is 6. The van der Waals surface area contributed by atoms with Crippen LogP contribution in [0.4, 0.5) is 0 Å². The SMILES string of the molecule is Cc1ccc([C@H](CC(=O)O)NCc2cccc(Br)c2)cc1. The van der Waals surface area contributed by atoms with Crippen molar-refractivity contribution in [3.8, 4) is 0 Å². The summed E-state index contributed by atoms with van der Waals surface area (Å²) in [6, 6.07) is 15.8. The molecule has 2 aromatic rings. The Morgan fingerprint density at radius 1 is 1.24 bits per heavy atom. The third-order valence-electron chi connectivity index (χ3n) is 3.30. The Bertz CT molecular complexity index is 610. The minimum absolute atomic E-state index is 0.0665. The predicted octanol–water partition coefficient (Wildman–Crippen LogP) is 4.06. The van der Waals surface area contributed by atoms with Crippen LogP contribution in [0.25, 0.3) is 0 Å². The van der Waals surface area contributed by atoms with E-state index in [1.165, 1.54) is 5.56 Å². The van der Waals surface area contributed by atoms with Crippen LogP contribution in [-0.2, 0) is 11.3 Å². The van der Waals surface area contributed by atoms with E-state index in [4.69, 9.17) is 5.11 Å². The smallest absolute Gasteiger partial charge is 0.305 e. The van der Waals surface area contributed by atoms with E-state index in [0.717, 1.165) is 15.6 Å². The van der Waals surface area contributed by atoms with E-state index in [0.29, 0.717) is 6.54 Å². The average Bonchev–Trinajstić information content (AvgIpc) is 2.44. The van der Waals surface area contributed by atoms with Crippen molar-refractivity contribution >= 4 is 21.9 Å². The first-order valence-electron chi connectivity index (χ1n) is 6.81. The number of nitrogens with one attached hydrogen (secondary N) is 1. The molecule has 0 aromatic heterocycles. The van der Waals surface area contributed by atoms with Gasteiger partial charge in [-0.3, -0.25) is 4.79 Å². The van der Waals surface area contributed by atoms with Gasteiger partial charge >= 0.3 is 5.97 Å². The van der Waals surface area contributed by atoms with Gasteiger partial charge < -0.3 is 10.4 Å². The van der Waals surface area contributed by atoms with Crippen molar-refractivity contribution in [3.05, 3.63) is 69.7 Å². The van der Waals surface area contributed by atoms with E-state index in [-0.39, 0.29) is 12.5 Å². The highest BCUT2D eigenvalue weighted by atomic mass is 79.9. The van der Waals surface area contributed by atoms with E-state index < -0.39 is 5.97 Å². The summed E-state index contributed by atoms with van der Waals surface area (Å²) in [6.45, 7) is 2.65. The summed E-state index contributed by atoms with van der Waals surface area (Å²) in [7, 11) is 0. The van der Waals surface area contributed by atoms with Gasteiger partial charge in [-0.15, -0.1) is 0 Å². The molecule has 0 aliphatic carbocycles. The highest BCUT2D eigenvalue weighted by Gasteiger charge is 2.14. The number of hydrogen-bond donors (Lipinski definition) is 2. The lowest BCUT2D eigenvalue weighted by molar-refractivity contribution is -0.137. The molecule has 110 valence electrons. The Hall–Kier alpha value is -1.65. The van der Waals surface area contributed by atoms with Gasteiger partial charge in [0.2, 0.25) is 0 Å². The Morgan fingerprint density at radius 3 is 2.57 bits per heavy atom. The maximum absolute atomic E-state index is 11.1. The normalized spacial score (nSPS) is 12.1. The molecule has 2 N–H and O–H groups in total. The van der Waals surface area contributed by atoms with Crippen molar-refractivity contribution in [3.63, 3.8) is 0 Å². The topological polar surface area (TPSA) is 49.3 Å². The molecular weight excluding hydrogens is 330 g/mol. The first-order chi connectivity index (χ1) is 10.0. The minimum Gasteiger partial charge on any atom is -0.481 e. The predicted molar refractivity (Wildman–Crippen MR) is 87.2 cm³/mol. The summed E-state index contributed by atoms with van der Waals surface area (Å²) < 4.78 is 1.02. The van der Waals surface area contributed by atoms with Gasteiger partial charge in [-0.25, -0.2) is 0 Å². The quantitative estimate of drug-likeness (QED) is 0.828. The summed E-state index contributed by atoms with van der Waals surface area (Å²) >= 11 is 3.44. The zero-order valence-corrected chi connectivity index (χ0v) is 13.4. The van der Waals surface area contributed by atoms with Gasteiger partial charge in [0.25, 0.3) is 0 Å². The largest absolute Gasteiger partial charge is 0.481 e. The number of benzene rings is 2. The molecule has 0 saturated heterocycles. The van der Waals surface area contributed by atoms with Crippen molar-refractivity contribution in [1.82, 2.24) is 5.32 Å². The summed E-state index contributed by atoms with van der Waals surface area (Å²) in [4.78, 5) is 11.1. The molecule has 0 aliphatic rings. The van der Waals surface area contributed by atoms with Gasteiger partial charge in [-0.2, -0.15) is 0 Å². The van der Waals surface area contributed by atoms with Crippen molar-refractivity contribution in [1.29, 1.82) is 0 Å². The second-order valence-corrected chi connectivity index (χ2v) is 5.99. The molecule has 0 radical (unpaired) electrons. The molecule has 3 nitrogen and oxygen atoms in total. The fourth-order valence-corrected chi connectivity index (χ4v) is 2.62. The lowest BCUT2D eigenvalue weighted by Crippen LogP contribution is -2.23. The van der Waals surface area contributed by atoms with E-state index in [1.807, 2.05) is 55.5 Å². The molecule has 0 amide bonds. The maximum Gasteiger partial charge on any atom is 0.305 e. The van der Waals surface area contributed by atoms with Crippen LogP contribution in [-0.4, -0.2) is 11.1 Å². The van der Waals surface area contributed by atoms with Gasteiger partial charge in [-0.1, -0.05) is 57.9 Å². The van der Waals surface area contributed by atoms with E-state index in [1.54, 1.807) is 0 Å². The van der Waals surface area contributed by atoms with Gasteiger partial charge in [0.1, 0.15) is 0 Å². The van der Waals surface area contributed by atoms with E-state index in [9.17, 15) is 4.79 Å². The van der Waals surface area contributed by atoms with Crippen LogP contribution in [0.2, 0.25) is 0 Å². The molecule has 0 heterocycles. The van der Waals surface area contributed by atoms with Crippen molar-refractivity contribution in [2.75, 3.05) is 0 Å². The number of aryl methyl sites for hydroxylation is 1. The first kappa shape index (κ1) is 15.7. The molecule has 21 heavy (non-hydrogen) atoms. The average molecular weight is 348 g/mol. The molecular formula is C17H18BrNO2. The Balaban J connectivity index is 2.09. The number of hydrogen-bond acceptors (Lipinski definition) is 2. The number of halogens is 1. The number of carboxylic acid groups (broad SMARTS) is 1. The molecule has 2 aromatic carbocycles. The fraction of sp³-hybridized carbons (Fsp3) is 0.235. The van der Waals surface area contributed by atoms with E-state index in [2.05, 4.69) is 21.2 Å². The van der Waals surface area contributed by atoms with Crippen LogP contribution in [0.3, 0.4) is 0 Å². The lowest BCUT2D eigenvalue weighted by Gasteiger charge is -2.18. The molecule has 1 atom stereocenters. The Morgan fingerprint density at radius 2 is 1.95 bits per heavy atom. The third-order valence-corrected chi connectivity index (χ3v) is 3.79. The summed E-state index contributed by atoms with van der Waals surface area (Å²) in [5.41, 5.74) is 3.28. The monoisotopic (exact) mass is 347 g/mol. The highest BCUT2D eigenvalue weighted by molar-refractivity contribution is 9.10. The molecule has 2 rings (SSSR count). The lowest BCUT2D eigenvalue weighted by atomic mass is 10.0. The van der Waals surface area contributed by atoms with Gasteiger partial charge in [-0.05, 0) is 30.2 Å². The zero-order valence-electron chi connectivity index (χ0n) is 11.8. The molecule has 4 heteroatoms. The maximum atomic E-state index is 11.1. The standard InChI is InChI=1S/C17H18BrNO2/c1-12-5-7-14(8-6-12)16(10-17(20)21)19-11-13-3-2-4-15(18)9-13/h2-9,16,19H,10-11H2,1H3,(H,20,21)/t16-/m0/s1. The zero-order chi connectivity index (χ0) is 15.2. The van der Waals surface area contributed by atoms with Crippen LogP contribution in [0.15, 0.2) is 53.0 Å². The number of carboxylic acids is 1. The molecule has 0 saturated carbocycles. The highest BCUT2D eigenvalue weighted by Crippen LogP contribution is 2.19. The fourth-order valence-electron chi connectivity index (χ4n) is 2.17. The number of carbonyl (C=O) groups is 1. The summed E-state index contributed by atoms with van der Waals surface area (Å²) in [6.07, 6.45) is 0.0665. The van der Waals surface area contributed by atoms with Crippen LogP contribution >= 0.6 is 15.9 Å². The molecule has 0 fully saturated rings. The molecule has 0 bridgehead atoms. The molecule has 0 unspecified atom stereocenters. The van der Waals surface area contributed by atoms with Gasteiger partial charge in [0.05, 0.1) is 6.42 Å². The first-order valence-corrected chi connectivity index (χ1v) is 7.60. The van der Waals surface area contributed by atoms with Gasteiger partial charge in [0.15, 0.2) is 0 Å². The second kappa shape index (κ2) is 7.38. The summed E-state index contributed by atoms with van der Waals surface area (Å²) in [5.74, 6) is -0.803. The van der Waals surface area contributed by atoms with Crippen molar-refractivity contribution < 1.29 is 9.90 Å². The van der Waals surface area contributed by atoms with Crippen LogP contribution < -0.4 is 5.32 Å². The molecule has 0 aliphatic heterocycles. The van der Waals surface area contributed by atoms with Crippen molar-refractivity contribution in [2.24, 2.45) is 0 Å². The van der Waals surface area contributed by atoms with Crippen LogP contribution in [0.5, 0.6) is 0 Å². The Labute approximate surface area is 133 Å². The van der Waals surface area contributed by atoms with Crippen LogP contribution in [0.1, 0.15) is 29.2 Å². The number of aliphatic carboxylic acids is 1. The Kier molecular flexibility index (Phi) is 5.53. The molecule has 0 spiro atoms.